The zero-order valence-corrected chi connectivity index (χ0v) is 7.01. The van der Waals surface area contributed by atoms with Crippen molar-refractivity contribution in [2.75, 3.05) is 40.0 Å². The molecular formula is C8H15NO2. The smallest absolute Gasteiger partial charge is 0.0698 e. The molecule has 2 aliphatic rings. The topological polar surface area (TPSA) is 21.7 Å². The minimum Gasteiger partial charge on any atom is -0.379 e. The maximum absolute atomic E-state index is 5.46. The second-order valence-corrected chi connectivity index (χ2v) is 3.50. The molecule has 1 unspecified atom stereocenters. The lowest BCUT2D eigenvalue weighted by molar-refractivity contribution is -0.0578. The normalized spacial score (nSPS) is 40.1. The Morgan fingerprint density at radius 1 is 1.18 bits per heavy atom. The third kappa shape index (κ3) is 1.17. The molecule has 11 heavy (non-hydrogen) atoms. The summed E-state index contributed by atoms with van der Waals surface area (Å²) in [6.45, 7) is 4.52. The van der Waals surface area contributed by atoms with Crippen LogP contribution >= 0.6 is 0 Å². The summed E-state index contributed by atoms with van der Waals surface area (Å²) in [5.41, 5.74) is 0.220. The van der Waals surface area contributed by atoms with Gasteiger partial charge in [-0.15, -0.1) is 0 Å². The first-order valence-corrected chi connectivity index (χ1v) is 4.20. The lowest BCUT2D eigenvalue weighted by atomic mass is 9.97. The van der Waals surface area contributed by atoms with Gasteiger partial charge >= 0.3 is 0 Å². The number of morpholine rings is 1. The summed E-state index contributed by atoms with van der Waals surface area (Å²) in [7, 11) is 2.16. The van der Waals surface area contributed by atoms with Crippen molar-refractivity contribution in [3.8, 4) is 0 Å². The highest BCUT2D eigenvalue weighted by Crippen LogP contribution is 2.27. The highest BCUT2D eigenvalue weighted by atomic mass is 16.5. The Morgan fingerprint density at radius 2 is 1.91 bits per heavy atom. The molecule has 2 aliphatic heterocycles. The van der Waals surface area contributed by atoms with Gasteiger partial charge in [-0.25, -0.2) is 0 Å². The summed E-state index contributed by atoms with van der Waals surface area (Å²) in [5.74, 6) is 0. The molecule has 3 nitrogen and oxygen atoms in total. The fourth-order valence-corrected chi connectivity index (χ4v) is 1.82. The van der Waals surface area contributed by atoms with E-state index in [1.54, 1.807) is 0 Å². The van der Waals surface area contributed by atoms with E-state index in [0.717, 1.165) is 39.4 Å². The third-order valence-electron chi connectivity index (χ3n) is 2.83. The van der Waals surface area contributed by atoms with Crippen LogP contribution in [0.4, 0.5) is 0 Å². The molecule has 0 bridgehead atoms. The van der Waals surface area contributed by atoms with Gasteiger partial charge < -0.3 is 9.47 Å². The zero-order chi connectivity index (χ0) is 7.73. The van der Waals surface area contributed by atoms with Gasteiger partial charge in [0.25, 0.3) is 0 Å². The average molecular weight is 157 g/mol. The largest absolute Gasteiger partial charge is 0.379 e. The van der Waals surface area contributed by atoms with Crippen LogP contribution in [0.1, 0.15) is 6.42 Å². The molecule has 0 saturated carbocycles. The van der Waals surface area contributed by atoms with Gasteiger partial charge in [0.1, 0.15) is 0 Å². The molecule has 1 atom stereocenters. The number of hydrogen-bond donors (Lipinski definition) is 0. The molecule has 0 aromatic heterocycles. The van der Waals surface area contributed by atoms with Gasteiger partial charge in [0.2, 0.25) is 0 Å². The average Bonchev–Trinajstić information content (AvgIpc) is 2.46. The van der Waals surface area contributed by atoms with E-state index in [0.29, 0.717) is 0 Å². The van der Waals surface area contributed by atoms with E-state index in [2.05, 4.69) is 11.9 Å². The Kier molecular flexibility index (Phi) is 1.87. The van der Waals surface area contributed by atoms with Gasteiger partial charge in [-0.05, 0) is 13.5 Å². The van der Waals surface area contributed by atoms with Crippen LogP contribution in [0.5, 0.6) is 0 Å². The molecule has 2 fully saturated rings. The minimum absolute atomic E-state index is 0.220. The van der Waals surface area contributed by atoms with Crippen molar-refractivity contribution in [1.82, 2.24) is 4.90 Å². The molecule has 0 amide bonds. The molecule has 2 heterocycles. The highest BCUT2D eigenvalue weighted by Gasteiger charge is 2.40. The SMILES string of the molecule is CN1CCOCC12CCOC2. The molecule has 0 radical (unpaired) electrons. The van der Waals surface area contributed by atoms with Crippen LogP contribution in [0.25, 0.3) is 0 Å². The van der Waals surface area contributed by atoms with Crippen LogP contribution in [-0.4, -0.2) is 50.5 Å². The van der Waals surface area contributed by atoms with Crippen LogP contribution in [-0.2, 0) is 9.47 Å². The van der Waals surface area contributed by atoms with Crippen molar-refractivity contribution in [3.63, 3.8) is 0 Å². The van der Waals surface area contributed by atoms with E-state index >= 15 is 0 Å². The molecule has 3 heteroatoms. The second-order valence-electron chi connectivity index (χ2n) is 3.50. The fourth-order valence-electron chi connectivity index (χ4n) is 1.82. The van der Waals surface area contributed by atoms with Gasteiger partial charge in [-0.3, -0.25) is 4.90 Å². The van der Waals surface area contributed by atoms with Crippen molar-refractivity contribution in [1.29, 1.82) is 0 Å². The molecule has 0 aliphatic carbocycles. The predicted molar refractivity (Wildman–Crippen MR) is 41.6 cm³/mol. The first-order valence-electron chi connectivity index (χ1n) is 4.20. The van der Waals surface area contributed by atoms with Gasteiger partial charge in [0, 0.05) is 13.2 Å². The molecule has 0 aromatic carbocycles. The number of hydrogen-bond acceptors (Lipinski definition) is 3. The lowest BCUT2D eigenvalue weighted by Crippen LogP contribution is -2.55. The van der Waals surface area contributed by atoms with Crippen molar-refractivity contribution >= 4 is 0 Å². The third-order valence-corrected chi connectivity index (χ3v) is 2.83. The highest BCUT2D eigenvalue weighted by molar-refractivity contribution is 4.94. The Labute approximate surface area is 67.3 Å². The fraction of sp³-hybridized carbons (Fsp3) is 1.00. The van der Waals surface area contributed by atoms with Gasteiger partial charge in [-0.2, -0.15) is 0 Å². The summed E-state index contributed by atoms with van der Waals surface area (Å²) in [5, 5.41) is 0. The summed E-state index contributed by atoms with van der Waals surface area (Å²) in [6, 6.07) is 0. The van der Waals surface area contributed by atoms with E-state index in [1.807, 2.05) is 0 Å². The molecule has 1 spiro atoms. The summed E-state index contributed by atoms with van der Waals surface area (Å²) >= 11 is 0. The summed E-state index contributed by atoms with van der Waals surface area (Å²) < 4.78 is 10.8. The minimum atomic E-state index is 0.220. The summed E-state index contributed by atoms with van der Waals surface area (Å²) in [4.78, 5) is 2.38. The molecule has 2 rings (SSSR count). The van der Waals surface area contributed by atoms with Gasteiger partial charge in [0.05, 0.1) is 25.4 Å². The predicted octanol–water partition coefficient (Wildman–Crippen LogP) is 0.107. The van der Waals surface area contributed by atoms with Crippen LogP contribution in [0.2, 0.25) is 0 Å². The van der Waals surface area contributed by atoms with Crippen LogP contribution < -0.4 is 0 Å². The number of rotatable bonds is 0. The number of nitrogens with zero attached hydrogens (tertiary/aromatic N) is 1. The Bertz CT molecular complexity index is 143. The van der Waals surface area contributed by atoms with E-state index in [9.17, 15) is 0 Å². The first kappa shape index (κ1) is 7.53. The van der Waals surface area contributed by atoms with Crippen LogP contribution in [0.15, 0.2) is 0 Å². The zero-order valence-electron chi connectivity index (χ0n) is 7.01. The first-order chi connectivity index (χ1) is 5.33. The van der Waals surface area contributed by atoms with E-state index in [1.165, 1.54) is 0 Å². The molecular weight excluding hydrogens is 142 g/mol. The quantitative estimate of drug-likeness (QED) is 0.498. The molecule has 64 valence electrons. The van der Waals surface area contributed by atoms with Crippen molar-refractivity contribution in [2.24, 2.45) is 0 Å². The molecule has 0 aromatic rings. The van der Waals surface area contributed by atoms with Gasteiger partial charge in [0.15, 0.2) is 0 Å². The van der Waals surface area contributed by atoms with Crippen molar-refractivity contribution in [2.45, 2.75) is 12.0 Å². The van der Waals surface area contributed by atoms with Crippen LogP contribution in [0.3, 0.4) is 0 Å². The monoisotopic (exact) mass is 157 g/mol. The van der Waals surface area contributed by atoms with E-state index < -0.39 is 0 Å². The van der Waals surface area contributed by atoms with Crippen molar-refractivity contribution in [3.05, 3.63) is 0 Å². The van der Waals surface area contributed by atoms with E-state index in [-0.39, 0.29) is 5.54 Å². The molecule has 0 N–H and O–H groups in total. The standard InChI is InChI=1S/C8H15NO2/c1-9-3-5-11-7-8(9)2-4-10-6-8/h2-7H2,1H3. The van der Waals surface area contributed by atoms with E-state index in [4.69, 9.17) is 9.47 Å². The maximum Gasteiger partial charge on any atom is 0.0698 e. The molecule has 2 saturated heterocycles. The second kappa shape index (κ2) is 2.73. The summed E-state index contributed by atoms with van der Waals surface area (Å²) in [6.07, 6.45) is 1.13. The van der Waals surface area contributed by atoms with Crippen LogP contribution in [0, 0.1) is 0 Å². The maximum atomic E-state index is 5.46. The Hall–Kier alpha value is -0.120. The number of ether oxygens (including phenoxy) is 2. The Morgan fingerprint density at radius 3 is 2.55 bits per heavy atom. The number of likely N-dealkylation sites (N-methyl/N-ethyl adjacent to an activating group) is 1. The van der Waals surface area contributed by atoms with Crippen molar-refractivity contribution < 1.29 is 9.47 Å². The Balaban J connectivity index is 2.07. The lowest BCUT2D eigenvalue weighted by Gasteiger charge is -2.40. The van der Waals surface area contributed by atoms with Gasteiger partial charge in [-0.1, -0.05) is 0 Å².